The zero-order chi connectivity index (χ0) is 29.4. The summed E-state index contributed by atoms with van der Waals surface area (Å²) in [6, 6.07) is 7.55. The average molecular weight is 584 g/mol. The van der Waals surface area contributed by atoms with Crippen LogP contribution in [0.4, 0.5) is 0 Å². The number of aromatic nitrogens is 1. The van der Waals surface area contributed by atoms with Gasteiger partial charge in [0.2, 0.25) is 17.7 Å². The standard InChI is InChI=1S/C30H41N5O5S/c1-18(2)25-30-34-24(17-41-30)29(40)33-23(16-19-8-4-3-5-9-19)27(38)31-15-7-6-10-22(28(39)35-25)32-26(37)20-11-13-21(36)14-12-20/h3-5,8-9,17-18,20-23,25,36H,6-7,10-16H2,1-2H3,(H,31,38)(H,32,37)(H,33,40)(H,35,39)/t20?,21?,22-,23+,25+/m0/s1. The molecule has 1 fully saturated rings. The van der Waals surface area contributed by atoms with Crippen molar-refractivity contribution in [2.24, 2.45) is 11.8 Å². The zero-order valence-corrected chi connectivity index (χ0v) is 24.5. The van der Waals surface area contributed by atoms with Crippen molar-refractivity contribution >= 4 is 35.0 Å². The first-order valence-corrected chi connectivity index (χ1v) is 15.5. The van der Waals surface area contributed by atoms with Gasteiger partial charge in [-0.25, -0.2) is 4.98 Å². The van der Waals surface area contributed by atoms with E-state index in [0.29, 0.717) is 62.9 Å². The van der Waals surface area contributed by atoms with E-state index in [0.717, 1.165) is 5.56 Å². The average Bonchev–Trinajstić information content (AvgIpc) is 3.45. The van der Waals surface area contributed by atoms with Gasteiger partial charge in [0.15, 0.2) is 0 Å². The highest BCUT2D eigenvalue weighted by atomic mass is 32.1. The van der Waals surface area contributed by atoms with Crippen LogP contribution in [0.2, 0.25) is 0 Å². The minimum Gasteiger partial charge on any atom is -0.393 e. The third-order valence-corrected chi connectivity index (χ3v) is 8.74. The molecule has 0 saturated heterocycles. The molecule has 1 aromatic heterocycles. The first kappa shape index (κ1) is 30.6. The van der Waals surface area contributed by atoms with Crippen LogP contribution >= 0.6 is 11.3 Å². The van der Waals surface area contributed by atoms with E-state index in [1.54, 1.807) is 5.38 Å². The smallest absolute Gasteiger partial charge is 0.271 e. The van der Waals surface area contributed by atoms with Crippen LogP contribution < -0.4 is 21.3 Å². The number of amides is 4. The van der Waals surface area contributed by atoms with Gasteiger partial charge in [0.1, 0.15) is 22.8 Å². The maximum absolute atomic E-state index is 13.5. The minimum atomic E-state index is -0.774. The van der Waals surface area contributed by atoms with Gasteiger partial charge in [0, 0.05) is 24.3 Å². The molecule has 1 saturated carbocycles. The van der Waals surface area contributed by atoms with Crippen LogP contribution in [0.25, 0.3) is 0 Å². The van der Waals surface area contributed by atoms with Crippen LogP contribution in [-0.4, -0.2) is 58.5 Å². The molecule has 10 nitrogen and oxygen atoms in total. The molecular formula is C30H41N5O5S. The van der Waals surface area contributed by atoms with Gasteiger partial charge >= 0.3 is 0 Å². The fourth-order valence-corrected chi connectivity index (χ4v) is 6.32. The first-order chi connectivity index (χ1) is 19.7. The van der Waals surface area contributed by atoms with Crippen LogP contribution in [0.5, 0.6) is 0 Å². The Balaban J connectivity index is 1.54. The molecule has 2 bridgehead atoms. The summed E-state index contributed by atoms with van der Waals surface area (Å²) in [5.74, 6) is -1.45. The Morgan fingerprint density at radius 2 is 1.76 bits per heavy atom. The maximum Gasteiger partial charge on any atom is 0.271 e. The molecule has 3 atom stereocenters. The van der Waals surface area contributed by atoms with Gasteiger partial charge in [-0.15, -0.1) is 11.3 Å². The molecule has 2 heterocycles. The number of hydrogen-bond acceptors (Lipinski definition) is 7. The van der Waals surface area contributed by atoms with Gasteiger partial charge in [-0.2, -0.15) is 0 Å². The molecular weight excluding hydrogens is 542 g/mol. The van der Waals surface area contributed by atoms with Gasteiger partial charge < -0.3 is 26.4 Å². The van der Waals surface area contributed by atoms with Crippen molar-refractivity contribution in [3.05, 3.63) is 52.0 Å². The molecule has 2 aromatic rings. The second-order valence-electron chi connectivity index (χ2n) is 11.4. The highest BCUT2D eigenvalue weighted by Gasteiger charge is 2.32. The Morgan fingerprint density at radius 1 is 1.02 bits per heavy atom. The fraction of sp³-hybridized carbons (Fsp3) is 0.567. The van der Waals surface area contributed by atoms with Crippen LogP contribution in [0, 0.1) is 11.8 Å². The third kappa shape index (κ3) is 8.59. The Labute approximate surface area is 245 Å². The van der Waals surface area contributed by atoms with Gasteiger partial charge in [0.25, 0.3) is 5.91 Å². The largest absolute Gasteiger partial charge is 0.393 e. The number of fused-ring (bicyclic) bond motifs is 2. The number of nitrogens with zero attached hydrogens (tertiary/aromatic N) is 1. The summed E-state index contributed by atoms with van der Waals surface area (Å²) in [4.78, 5) is 57.4. The molecule has 41 heavy (non-hydrogen) atoms. The molecule has 0 radical (unpaired) electrons. The van der Waals surface area contributed by atoms with Crippen molar-refractivity contribution in [1.82, 2.24) is 26.3 Å². The van der Waals surface area contributed by atoms with Crippen molar-refractivity contribution in [3.8, 4) is 0 Å². The summed E-state index contributed by atoms with van der Waals surface area (Å²) in [6.07, 6.45) is 3.94. The molecule has 4 amide bonds. The van der Waals surface area contributed by atoms with E-state index in [9.17, 15) is 24.3 Å². The Kier molecular flexibility index (Phi) is 10.9. The molecule has 11 heteroatoms. The van der Waals surface area contributed by atoms with Crippen LogP contribution in [0.1, 0.15) is 85.9 Å². The number of nitrogens with one attached hydrogen (secondary N) is 4. The number of carbonyl (C=O) groups is 4. The van der Waals surface area contributed by atoms with Crippen molar-refractivity contribution in [2.45, 2.75) is 89.4 Å². The predicted molar refractivity (Wildman–Crippen MR) is 156 cm³/mol. The lowest BCUT2D eigenvalue weighted by atomic mass is 9.86. The van der Waals surface area contributed by atoms with E-state index in [4.69, 9.17) is 0 Å². The maximum atomic E-state index is 13.5. The molecule has 5 N–H and O–H groups in total. The summed E-state index contributed by atoms with van der Waals surface area (Å²) in [5.41, 5.74) is 1.11. The molecule has 0 unspecified atom stereocenters. The summed E-state index contributed by atoms with van der Waals surface area (Å²) in [7, 11) is 0. The quantitative estimate of drug-likeness (QED) is 0.365. The summed E-state index contributed by atoms with van der Waals surface area (Å²) in [5, 5.41) is 23.8. The van der Waals surface area contributed by atoms with Crippen molar-refractivity contribution in [2.75, 3.05) is 6.54 Å². The number of aliphatic hydroxyl groups is 1. The van der Waals surface area contributed by atoms with Crippen molar-refractivity contribution in [3.63, 3.8) is 0 Å². The molecule has 1 aromatic carbocycles. The van der Waals surface area contributed by atoms with E-state index in [-0.39, 0.29) is 41.4 Å². The normalized spacial score (nSPS) is 26.5. The number of benzene rings is 1. The first-order valence-electron chi connectivity index (χ1n) is 14.6. The predicted octanol–water partition coefficient (Wildman–Crippen LogP) is 2.63. The van der Waals surface area contributed by atoms with Gasteiger partial charge in [-0.3, -0.25) is 19.2 Å². The topological polar surface area (TPSA) is 150 Å². The lowest BCUT2D eigenvalue weighted by Gasteiger charge is -2.28. The Hall–Kier alpha value is -3.31. The minimum absolute atomic E-state index is 0.0207. The SMILES string of the molecule is CC(C)[C@H]1NC(=O)[C@@H](NC(=O)C2CCC(O)CC2)CCCCNC(=O)[C@@H](Cc2ccccc2)NC(=O)c2csc1n2. The number of thiazole rings is 1. The summed E-state index contributed by atoms with van der Waals surface area (Å²) < 4.78 is 0. The van der Waals surface area contributed by atoms with Crippen LogP contribution in [0.3, 0.4) is 0 Å². The van der Waals surface area contributed by atoms with Crippen LogP contribution in [-0.2, 0) is 20.8 Å². The Morgan fingerprint density at radius 3 is 2.46 bits per heavy atom. The van der Waals surface area contributed by atoms with Gasteiger partial charge in [-0.1, -0.05) is 44.2 Å². The van der Waals surface area contributed by atoms with E-state index in [2.05, 4.69) is 26.3 Å². The lowest BCUT2D eigenvalue weighted by molar-refractivity contribution is -0.132. The van der Waals surface area contributed by atoms with E-state index >= 15 is 0 Å². The zero-order valence-electron chi connectivity index (χ0n) is 23.7. The van der Waals surface area contributed by atoms with Gasteiger partial charge in [-0.05, 0) is 56.4 Å². The number of carbonyl (C=O) groups excluding carboxylic acids is 4. The van der Waals surface area contributed by atoms with E-state index < -0.39 is 24.0 Å². The van der Waals surface area contributed by atoms with Crippen LogP contribution in [0.15, 0.2) is 35.7 Å². The molecule has 4 rings (SSSR count). The number of rotatable bonds is 5. The molecule has 2 aliphatic rings. The van der Waals surface area contributed by atoms with E-state index in [1.807, 2.05) is 44.2 Å². The molecule has 222 valence electrons. The van der Waals surface area contributed by atoms with E-state index in [1.165, 1.54) is 11.3 Å². The summed E-state index contributed by atoms with van der Waals surface area (Å²) in [6.45, 7) is 4.30. The highest BCUT2D eigenvalue weighted by molar-refractivity contribution is 7.09. The molecule has 1 aliphatic heterocycles. The third-order valence-electron chi connectivity index (χ3n) is 7.81. The van der Waals surface area contributed by atoms with Crippen molar-refractivity contribution < 1.29 is 24.3 Å². The number of hydrogen-bond donors (Lipinski definition) is 5. The number of aliphatic hydroxyl groups excluding tert-OH is 1. The monoisotopic (exact) mass is 583 g/mol. The second kappa shape index (κ2) is 14.5. The Bertz CT molecular complexity index is 1190. The molecule has 1 aliphatic carbocycles. The van der Waals surface area contributed by atoms with Gasteiger partial charge in [0.05, 0.1) is 12.1 Å². The molecule has 0 spiro atoms. The second-order valence-corrected chi connectivity index (χ2v) is 12.3. The summed E-state index contributed by atoms with van der Waals surface area (Å²) >= 11 is 1.28. The van der Waals surface area contributed by atoms with Crippen molar-refractivity contribution in [1.29, 1.82) is 0 Å². The highest BCUT2D eigenvalue weighted by Crippen LogP contribution is 2.27. The fourth-order valence-electron chi connectivity index (χ4n) is 5.30. The lowest BCUT2D eigenvalue weighted by Crippen LogP contribution is -2.50.